The lowest BCUT2D eigenvalue weighted by Crippen LogP contribution is -2.44. The molecule has 1 saturated heterocycles. The normalized spacial score (nSPS) is 17.4. The largest absolute Gasteiger partial charge is 0.377 e. The summed E-state index contributed by atoms with van der Waals surface area (Å²) in [4.78, 5) is 15.4. The zero-order valence-electron chi connectivity index (χ0n) is 16.0. The number of morpholine rings is 1. The average molecular weight is 374 g/mol. The minimum Gasteiger partial charge on any atom is -0.377 e. The third-order valence-electron chi connectivity index (χ3n) is 5.29. The molecule has 1 aliphatic rings. The van der Waals surface area contributed by atoms with Gasteiger partial charge in [-0.2, -0.15) is 5.10 Å². The standard InChI is InChI=1S/C21H22N6O/c1-14-13-28-11-10-27(14)21-24-18(12-19(25-21)20-7-9-23-26(20)2)15-4-3-5-17-16(15)6-8-22-17/h3-9,12,14,22H,10-11,13H2,1-2H3. The molecule has 1 unspecified atom stereocenters. The van der Waals surface area contributed by atoms with Gasteiger partial charge in [-0.1, -0.05) is 12.1 Å². The Labute approximate surface area is 163 Å². The van der Waals surface area contributed by atoms with E-state index in [4.69, 9.17) is 14.7 Å². The molecule has 0 amide bonds. The maximum Gasteiger partial charge on any atom is 0.226 e. The lowest BCUT2D eigenvalue weighted by atomic mass is 10.1. The Balaban J connectivity index is 1.71. The van der Waals surface area contributed by atoms with Gasteiger partial charge in [0.25, 0.3) is 0 Å². The summed E-state index contributed by atoms with van der Waals surface area (Å²) in [5, 5.41) is 5.46. The van der Waals surface area contributed by atoms with Gasteiger partial charge in [0, 0.05) is 42.5 Å². The number of aromatic nitrogens is 5. The van der Waals surface area contributed by atoms with Crippen molar-refractivity contribution in [3.8, 4) is 22.6 Å². The summed E-state index contributed by atoms with van der Waals surface area (Å²) >= 11 is 0. The monoisotopic (exact) mass is 374 g/mol. The molecule has 5 rings (SSSR count). The van der Waals surface area contributed by atoms with Crippen LogP contribution < -0.4 is 4.90 Å². The van der Waals surface area contributed by atoms with E-state index >= 15 is 0 Å². The molecule has 0 aliphatic carbocycles. The van der Waals surface area contributed by atoms with Crippen LogP contribution in [0.15, 0.2) is 48.8 Å². The minimum atomic E-state index is 0.228. The summed E-state index contributed by atoms with van der Waals surface area (Å²) in [6, 6.07) is 12.6. The summed E-state index contributed by atoms with van der Waals surface area (Å²) in [6.45, 7) is 4.30. The number of aromatic amines is 1. The van der Waals surface area contributed by atoms with E-state index in [1.165, 1.54) is 0 Å². The van der Waals surface area contributed by atoms with E-state index in [1.807, 2.05) is 30.1 Å². The Bertz CT molecular complexity index is 1130. The highest BCUT2D eigenvalue weighted by Gasteiger charge is 2.23. The lowest BCUT2D eigenvalue weighted by Gasteiger charge is -2.33. The van der Waals surface area contributed by atoms with E-state index in [1.54, 1.807) is 6.20 Å². The molecule has 3 aromatic heterocycles. The molecule has 28 heavy (non-hydrogen) atoms. The van der Waals surface area contributed by atoms with Crippen LogP contribution in [0.25, 0.3) is 33.5 Å². The fraction of sp³-hybridized carbons (Fsp3) is 0.286. The van der Waals surface area contributed by atoms with Crippen molar-refractivity contribution in [2.24, 2.45) is 7.05 Å². The fourth-order valence-corrected chi connectivity index (χ4v) is 3.79. The van der Waals surface area contributed by atoms with Gasteiger partial charge in [-0.25, -0.2) is 9.97 Å². The number of nitrogens with zero attached hydrogens (tertiary/aromatic N) is 5. The molecular formula is C21H22N6O. The van der Waals surface area contributed by atoms with E-state index in [2.05, 4.69) is 46.2 Å². The van der Waals surface area contributed by atoms with E-state index in [9.17, 15) is 0 Å². The van der Waals surface area contributed by atoms with Crippen molar-refractivity contribution in [3.63, 3.8) is 0 Å². The Morgan fingerprint density at radius 1 is 1.14 bits per heavy atom. The number of hydrogen-bond donors (Lipinski definition) is 1. The zero-order valence-corrected chi connectivity index (χ0v) is 16.0. The summed E-state index contributed by atoms with van der Waals surface area (Å²) < 4.78 is 7.44. The van der Waals surface area contributed by atoms with E-state index in [0.717, 1.165) is 46.0 Å². The highest BCUT2D eigenvalue weighted by molar-refractivity contribution is 5.94. The van der Waals surface area contributed by atoms with Gasteiger partial charge in [-0.3, -0.25) is 4.68 Å². The molecule has 4 heterocycles. The van der Waals surface area contributed by atoms with Crippen molar-refractivity contribution in [1.29, 1.82) is 0 Å². The van der Waals surface area contributed by atoms with Crippen LogP contribution in [0.1, 0.15) is 6.92 Å². The number of hydrogen-bond acceptors (Lipinski definition) is 5. The summed E-state index contributed by atoms with van der Waals surface area (Å²) in [7, 11) is 1.93. The average Bonchev–Trinajstić information content (AvgIpc) is 3.36. The van der Waals surface area contributed by atoms with E-state index in [0.29, 0.717) is 13.2 Å². The second-order valence-corrected chi connectivity index (χ2v) is 7.14. The first-order valence-corrected chi connectivity index (χ1v) is 9.49. The Morgan fingerprint density at radius 2 is 2.04 bits per heavy atom. The smallest absolute Gasteiger partial charge is 0.226 e. The second kappa shape index (κ2) is 6.76. The van der Waals surface area contributed by atoms with Gasteiger partial charge in [0.15, 0.2) is 0 Å². The number of benzene rings is 1. The summed E-state index contributed by atoms with van der Waals surface area (Å²) in [6.07, 6.45) is 3.75. The minimum absolute atomic E-state index is 0.228. The van der Waals surface area contributed by atoms with Crippen LogP contribution in [-0.4, -0.2) is 50.5 Å². The second-order valence-electron chi connectivity index (χ2n) is 7.14. The lowest BCUT2D eigenvalue weighted by molar-refractivity contribution is 0.0981. The van der Waals surface area contributed by atoms with Crippen LogP contribution >= 0.6 is 0 Å². The van der Waals surface area contributed by atoms with Crippen molar-refractivity contribution in [1.82, 2.24) is 24.7 Å². The quantitative estimate of drug-likeness (QED) is 0.596. The van der Waals surface area contributed by atoms with Gasteiger partial charge in [-0.15, -0.1) is 0 Å². The van der Waals surface area contributed by atoms with E-state index < -0.39 is 0 Å². The molecule has 0 spiro atoms. The molecule has 0 bridgehead atoms. The Hall–Kier alpha value is -3.19. The Kier molecular flexibility index (Phi) is 4.09. The third kappa shape index (κ3) is 2.84. The molecule has 0 radical (unpaired) electrons. The molecule has 7 nitrogen and oxygen atoms in total. The number of ether oxygens (including phenoxy) is 1. The molecular weight excluding hydrogens is 352 g/mol. The van der Waals surface area contributed by atoms with Gasteiger partial charge in [0.2, 0.25) is 5.95 Å². The third-order valence-corrected chi connectivity index (χ3v) is 5.29. The van der Waals surface area contributed by atoms with Crippen molar-refractivity contribution in [2.75, 3.05) is 24.7 Å². The molecule has 1 aromatic carbocycles. The summed E-state index contributed by atoms with van der Waals surface area (Å²) in [5.74, 6) is 0.733. The van der Waals surface area contributed by atoms with Crippen LogP contribution in [0, 0.1) is 0 Å². The SMILES string of the molecule is CC1COCCN1c1nc(-c2cccc3[nH]ccc23)cc(-c2ccnn2C)n1. The Morgan fingerprint density at radius 3 is 2.86 bits per heavy atom. The molecule has 1 atom stereocenters. The number of aryl methyl sites for hydroxylation is 1. The van der Waals surface area contributed by atoms with Crippen LogP contribution in [-0.2, 0) is 11.8 Å². The molecule has 1 aliphatic heterocycles. The zero-order chi connectivity index (χ0) is 19.1. The molecule has 7 heteroatoms. The van der Waals surface area contributed by atoms with E-state index in [-0.39, 0.29) is 6.04 Å². The van der Waals surface area contributed by atoms with Gasteiger partial charge in [0.05, 0.1) is 36.3 Å². The first-order chi connectivity index (χ1) is 13.7. The molecule has 142 valence electrons. The fourth-order valence-electron chi connectivity index (χ4n) is 3.79. The number of rotatable bonds is 3. The topological polar surface area (TPSA) is 71.9 Å². The number of H-pyrrole nitrogens is 1. The maximum absolute atomic E-state index is 5.60. The molecule has 4 aromatic rings. The van der Waals surface area contributed by atoms with Crippen molar-refractivity contribution >= 4 is 16.9 Å². The van der Waals surface area contributed by atoms with Crippen molar-refractivity contribution in [2.45, 2.75) is 13.0 Å². The van der Waals surface area contributed by atoms with Crippen LogP contribution in [0.4, 0.5) is 5.95 Å². The predicted molar refractivity (Wildman–Crippen MR) is 109 cm³/mol. The van der Waals surface area contributed by atoms with Crippen molar-refractivity contribution < 1.29 is 4.74 Å². The number of nitrogens with one attached hydrogen (secondary N) is 1. The molecule has 0 saturated carbocycles. The van der Waals surface area contributed by atoms with Gasteiger partial charge < -0.3 is 14.6 Å². The molecule has 1 fully saturated rings. The predicted octanol–water partition coefficient (Wildman–Crippen LogP) is 3.25. The summed E-state index contributed by atoms with van der Waals surface area (Å²) in [5.41, 5.74) is 4.93. The number of anilines is 1. The van der Waals surface area contributed by atoms with Crippen LogP contribution in [0.3, 0.4) is 0 Å². The maximum atomic E-state index is 5.60. The van der Waals surface area contributed by atoms with Crippen LogP contribution in [0.5, 0.6) is 0 Å². The first-order valence-electron chi connectivity index (χ1n) is 9.49. The van der Waals surface area contributed by atoms with Gasteiger partial charge in [-0.05, 0) is 31.2 Å². The highest BCUT2D eigenvalue weighted by atomic mass is 16.5. The highest BCUT2D eigenvalue weighted by Crippen LogP contribution is 2.31. The van der Waals surface area contributed by atoms with Crippen molar-refractivity contribution in [3.05, 3.63) is 48.8 Å². The number of fused-ring (bicyclic) bond motifs is 1. The van der Waals surface area contributed by atoms with Gasteiger partial charge in [0.1, 0.15) is 0 Å². The first kappa shape index (κ1) is 16.9. The van der Waals surface area contributed by atoms with Crippen LogP contribution in [0.2, 0.25) is 0 Å². The molecule has 1 N–H and O–H groups in total. The van der Waals surface area contributed by atoms with Gasteiger partial charge >= 0.3 is 0 Å².